The summed E-state index contributed by atoms with van der Waals surface area (Å²) in [5.41, 5.74) is 3.01. The highest BCUT2D eigenvalue weighted by atomic mass is 32.1. The molecule has 8 nitrogen and oxygen atoms in total. The summed E-state index contributed by atoms with van der Waals surface area (Å²) in [4.78, 5) is 38.0. The van der Waals surface area contributed by atoms with Crippen molar-refractivity contribution in [2.24, 2.45) is 5.41 Å². The van der Waals surface area contributed by atoms with Gasteiger partial charge in [-0.2, -0.15) is 0 Å². The summed E-state index contributed by atoms with van der Waals surface area (Å²) in [6.07, 6.45) is 6.06. The molecule has 4 aromatic rings. The Balaban J connectivity index is 1.23. The number of benzene rings is 1. The molecule has 1 saturated heterocycles. The van der Waals surface area contributed by atoms with Gasteiger partial charge in [0.15, 0.2) is 0 Å². The highest BCUT2D eigenvalue weighted by Crippen LogP contribution is 2.55. The summed E-state index contributed by atoms with van der Waals surface area (Å²) in [7, 11) is 1.83. The number of amides is 2. The van der Waals surface area contributed by atoms with Crippen LogP contribution in [0.2, 0.25) is 0 Å². The number of hydrogen-bond acceptors (Lipinski definition) is 6. The minimum absolute atomic E-state index is 0.00521. The molecule has 1 aromatic carbocycles. The number of thiophene rings is 1. The number of nitrogens with zero attached hydrogens (tertiary/aromatic N) is 4. The Labute approximate surface area is 219 Å². The van der Waals surface area contributed by atoms with Gasteiger partial charge in [0.2, 0.25) is 11.9 Å². The Morgan fingerprint density at radius 2 is 2.03 bits per heavy atom. The highest BCUT2D eigenvalue weighted by Gasteiger charge is 2.50. The van der Waals surface area contributed by atoms with Gasteiger partial charge in [0, 0.05) is 37.3 Å². The number of rotatable bonds is 6. The van der Waals surface area contributed by atoms with E-state index in [4.69, 9.17) is 4.98 Å². The first kappa shape index (κ1) is 23.4. The van der Waals surface area contributed by atoms with Crippen molar-refractivity contribution in [3.63, 3.8) is 0 Å². The molecule has 4 heterocycles. The summed E-state index contributed by atoms with van der Waals surface area (Å²) >= 11 is 1.44. The third-order valence-corrected chi connectivity index (χ3v) is 8.71. The SMILES string of the molecule is C=CC(=O)N1CCC2(CC(n3c(NC(=O)c4ccc(-c5ccnc(NC)c5)s4)nc4ccccc43)C2)C1. The number of anilines is 2. The molecule has 2 fully saturated rings. The second-order valence-corrected chi connectivity index (χ2v) is 11.0. The van der Waals surface area contributed by atoms with Crippen LogP contribution in [0.5, 0.6) is 0 Å². The summed E-state index contributed by atoms with van der Waals surface area (Å²) in [6, 6.07) is 15.9. The zero-order valence-corrected chi connectivity index (χ0v) is 21.4. The lowest BCUT2D eigenvalue weighted by molar-refractivity contribution is -0.125. The van der Waals surface area contributed by atoms with E-state index in [1.165, 1.54) is 17.4 Å². The topological polar surface area (TPSA) is 92.2 Å². The van der Waals surface area contributed by atoms with Crippen LogP contribution in [0.4, 0.5) is 11.8 Å². The van der Waals surface area contributed by atoms with E-state index >= 15 is 0 Å². The number of fused-ring (bicyclic) bond motifs is 1. The van der Waals surface area contributed by atoms with Crippen LogP contribution in [-0.4, -0.2) is 51.4 Å². The van der Waals surface area contributed by atoms with Gasteiger partial charge in [0.1, 0.15) is 5.82 Å². The monoisotopic (exact) mass is 512 g/mol. The van der Waals surface area contributed by atoms with Crippen molar-refractivity contribution >= 4 is 46.0 Å². The molecule has 3 aromatic heterocycles. The molecule has 0 bridgehead atoms. The van der Waals surface area contributed by atoms with Crippen molar-refractivity contribution < 1.29 is 9.59 Å². The van der Waals surface area contributed by atoms with E-state index in [1.54, 1.807) is 6.20 Å². The van der Waals surface area contributed by atoms with E-state index in [9.17, 15) is 9.59 Å². The second kappa shape index (κ2) is 9.15. The number of aromatic nitrogens is 3. The maximum Gasteiger partial charge on any atom is 0.268 e. The van der Waals surface area contributed by atoms with Gasteiger partial charge in [-0.25, -0.2) is 9.97 Å². The Kier molecular flexibility index (Phi) is 5.79. The van der Waals surface area contributed by atoms with Gasteiger partial charge >= 0.3 is 0 Å². The molecular weight excluding hydrogens is 484 g/mol. The van der Waals surface area contributed by atoms with Crippen LogP contribution in [0.15, 0.2) is 67.4 Å². The molecule has 2 aliphatic rings. The Morgan fingerprint density at radius 3 is 2.84 bits per heavy atom. The van der Waals surface area contributed by atoms with Crippen molar-refractivity contribution in [3.8, 4) is 10.4 Å². The number of pyridine rings is 1. The summed E-state index contributed by atoms with van der Waals surface area (Å²) in [6.45, 7) is 5.17. The van der Waals surface area contributed by atoms with Crippen LogP contribution < -0.4 is 10.6 Å². The quantitative estimate of drug-likeness (QED) is 0.347. The largest absolute Gasteiger partial charge is 0.373 e. The average molecular weight is 513 g/mol. The van der Waals surface area contributed by atoms with E-state index in [2.05, 4.69) is 32.8 Å². The van der Waals surface area contributed by atoms with E-state index in [0.717, 1.165) is 59.6 Å². The smallest absolute Gasteiger partial charge is 0.268 e. The molecule has 0 atom stereocenters. The lowest BCUT2D eigenvalue weighted by Gasteiger charge is -2.46. The molecule has 188 valence electrons. The highest BCUT2D eigenvalue weighted by molar-refractivity contribution is 7.17. The van der Waals surface area contributed by atoms with Crippen molar-refractivity contribution in [1.82, 2.24) is 19.4 Å². The molecule has 9 heteroatoms. The van der Waals surface area contributed by atoms with Gasteiger partial charge in [-0.05, 0) is 72.7 Å². The van der Waals surface area contributed by atoms with Crippen LogP contribution in [0.3, 0.4) is 0 Å². The van der Waals surface area contributed by atoms with E-state index in [1.807, 2.05) is 54.4 Å². The zero-order chi connectivity index (χ0) is 25.6. The number of hydrogen-bond donors (Lipinski definition) is 2. The predicted molar refractivity (Wildman–Crippen MR) is 147 cm³/mol. The third-order valence-electron chi connectivity index (χ3n) is 7.58. The number of imidazole rings is 1. The number of carbonyl (C=O) groups excluding carboxylic acids is 2. The molecule has 2 N–H and O–H groups in total. The molecule has 37 heavy (non-hydrogen) atoms. The maximum absolute atomic E-state index is 13.3. The molecule has 1 spiro atoms. The molecule has 2 amide bonds. The van der Waals surface area contributed by atoms with Gasteiger partial charge in [-0.1, -0.05) is 18.7 Å². The van der Waals surface area contributed by atoms with Gasteiger partial charge in [-0.15, -0.1) is 11.3 Å². The summed E-state index contributed by atoms with van der Waals surface area (Å²) < 4.78 is 2.17. The van der Waals surface area contributed by atoms with Gasteiger partial charge in [0.05, 0.1) is 15.9 Å². The first-order chi connectivity index (χ1) is 18.0. The van der Waals surface area contributed by atoms with Crippen molar-refractivity contribution in [3.05, 3.63) is 72.3 Å². The fourth-order valence-corrected chi connectivity index (χ4v) is 6.61. The molecule has 1 saturated carbocycles. The lowest BCUT2D eigenvalue weighted by Crippen LogP contribution is -2.42. The Bertz CT molecular complexity index is 1520. The Hall–Kier alpha value is -3.98. The van der Waals surface area contributed by atoms with Crippen LogP contribution in [0, 0.1) is 5.41 Å². The first-order valence-corrected chi connectivity index (χ1v) is 13.2. The van der Waals surface area contributed by atoms with Crippen LogP contribution >= 0.6 is 11.3 Å². The fraction of sp³-hybridized carbons (Fsp3) is 0.286. The van der Waals surface area contributed by atoms with Crippen molar-refractivity contribution in [2.75, 3.05) is 30.8 Å². The third kappa shape index (κ3) is 4.19. The molecule has 1 aliphatic carbocycles. The number of para-hydroxylation sites is 2. The van der Waals surface area contributed by atoms with E-state index in [0.29, 0.717) is 10.8 Å². The minimum Gasteiger partial charge on any atom is -0.373 e. The number of likely N-dealkylation sites (tertiary alicyclic amines) is 1. The second-order valence-electron chi connectivity index (χ2n) is 9.87. The van der Waals surface area contributed by atoms with Crippen LogP contribution in [-0.2, 0) is 4.79 Å². The normalized spacial score (nSPS) is 20.7. The predicted octanol–water partition coefficient (Wildman–Crippen LogP) is 5.19. The van der Waals surface area contributed by atoms with E-state index < -0.39 is 0 Å². The fourth-order valence-electron chi connectivity index (χ4n) is 5.71. The van der Waals surface area contributed by atoms with Gasteiger partial charge in [-0.3, -0.25) is 14.9 Å². The van der Waals surface area contributed by atoms with E-state index in [-0.39, 0.29) is 23.3 Å². The van der Waals surface area contributed by atoms with Crippen molar-refractivity contribution in [1.29, 1.82) is 0 Å². The molecule has 1 aliphatic heterocycles. The Morgan fingerprint density at radius 1 is 1.19 bits per heavy atom. The first-order valence-electron chi connectivity index (χ1n) is 12.4. The number of carbonyl (C=O) groups is 2. The molecule has 6 rings (SSSR count). The average Bonchev–Trinajstić information content (AvgIpc) is 3.64. The molecule has 0 unspecified atom stereocenters. The molecule has 0 radical (unpaired) electrons. The number of nitrogens with one attached hydrogen (secondary N) is 2. The zero-order valence-electron chi connectivity index (χ0n) is 20.6. The van der Waals surface area contributed by atoms with Crippen LogP contribution in [0.1, 0.15) is 35.0 Å². The molecular formula is C28H28N6O2S. The minimum atomic E-state index is -0.173. The lowest BCUT2D eigenvalue weighted by atomic mass is 9.65. The summed E-state index contributed by atoms with van der Waals surface area (Å²) in [5, 5.41) is 6.14. The maximum atomic E-state index is 13.3. The summed E-state index contributed by atoms with van der Waals surface area (Å²) in [5.74, 6) is 1.18. The van der Waals surface area contributed by atoms with Crippen molar-refractivity contribution in [2.45, 2.75) is 25.3 Å². The van der Waals surface area contributed by atoms with Gasteiger partial charge < -0.3 is 14.8 Å². The van der Waals surface area contributed by atoms with Crippen LogP contribution in [0.25, 0.3) is 21.5 Å². The standard InChI is InChI=1S/C28H28N6O2S/c1-3-25(35)33-13-11-28(17-33)15-19(16-28)34-21-7-5-4-6-20(21)31-27(34)32-26(36)23-9-8-22(37-23)18-10-12-30-24(14-18)29-2/h3-10,12,14,19H,1,11,13,15-17H2,2H3,(H,29,30)(H,31,32,36). The van der Waals surface area contributed by atoms with Gasteiger partial charge in [0.25, 0.3) is 5.91 Å².